The Balaban J connectivity index is 1.33. The summed E-state index contributed by atoms with van der Waals surface area (Å²) in [5.41, 5.74) is 8.64. The third kappa shape index (κ3) is 7.92. The van der Waals surface area contributed by atoms with Gasteiger partial charge in [-0.2, -0.15) is 0 Å². The van der Waals surface area contributed by atoms with Gasteiger partial charge in [0.1, 0.15) is 18.2 Å². The van der Waals surface area contributed by atoms with Crippen molar-refractivity contribution >= 4 is 23.9 Å². The topological polar surface area (TPSA) is 132 Å². The average molecular weight is 560 g/mol. The molecule has 0 aromatic heterocycles. The van der Waals surface area contributed by atoms with E-state index in [1.54, 1.807) is 20.8 Å². The van der Waals surface area contributed by atoms with E-state index in [-0.39, 0.29) is 25.7 Å². The molecule has 1 unspecified atom stereocenters. The zero-order chi connectivity index (χ0) is 29.4. The molecule has 41 heavy (non-hydrogen) atoms. The van der Waals surface area contributed by atoms with Crippen molar-refractivity contribution in [2.75, 3.05) is 13.2 Å². The highest BCUT2D eigenvalue weighted by atomic mass is 16.6. The fourth-order valence-corrected chi connectivity index (χ4v) is 4.43. The molecule has 0 spiro atoms. The van der Waals surface area contributed by atoms with Gasteiger partial charge in [0.2, 0.25) is 0 Å². The van der Waals surface area contributed by atoms with Crippen LogP contribution in [0.1, 0.15) is 43.4 Å². The van der Waals surface area contributed by atoms with Crippen LogP contribution in [0.4, 0.5) is 4.79 Å². The Bertz CT molecular complexity index is 1360. The maximum Gasteiger partial charge on any atom is 0.426 e. The Morgan fingerprint density at radius 3 is 2.00 bits per heavy atom. The number of hydrazine groups is 1. The van der Waals surface area contributed by atoms with Gasteiger partial charge in [-0.1, -0.05) is 78.9 Å². The van der Waals surface area contributed by atoms with Crippen LogP contribution in [0, 0.1) is 0 Å². The van der Waals surface area contributed by atoms with Crippen molar-refractivity contribution in [3.8, 4) is 11.1 Å². The van der Waals surface area contributed by atoms with Crippen LogP contribution >= 0.6 is 0 Å². The number of rotatable bonds is 8. The van der Waals surface area contributed by atoms with Crippen LogP contribution in [0.5, 0.6) is 0 Å². The summed E-state index contributed by atoms with van der Waals surface area (Å²) in [6.07, 6.45) is -0.886. The predicted molar refractivity (Wildman–Crippen MR) is 150 cm³/mol. The van der Waals surface area contributed by atoms with Gasteiger partial charge in [-0.25, -0.2) is 15.0 Å². The molecule has 10 heteroatoms. The van der Waals surface area contributed by atoms with Gasteiger partial charge in [0, 0.05) is 5.92 Å². The zero-order valence-corrected chi connectivity index (χ0v) is 23.1. The first-order chi connectivity index (χ1) is 19.6. The minimum atomic E-state index is -1.31. The number of ether oxygens (including phenoxy) is 3. The third-order valence-corrected chi connectivity index (χ3v) is 6.23. The van der Waals surface area contributed by atoms with Crippen LogP contribution in [0.3, 0.4) is 0 Å². The first-order valence-corrected chi connectivity index (χ1v) is 13.2. The largest absolute Gasteiger partial charge is 0.453 e. The van der Waals surface area contributed by atoms with E-state index < -0.39 is 35.5 Å². The number of esters is 1. The van der Waals surface area contributed by atoms with Crippen molar-refractivity contribution in [2.45, 2.75) is 44.9 Å². The fourth-order valence-electron chi connectivity index (χ4n) is 4.43. The fraction of sp³-hybridized carbons (Fsp3) is 0.290. The Kier molecular flexibility index (Phi) is 9.36. The van der Waals surface area contributed by atoms with Crippen LogP contribution < -0.4 is 16.2 Å². The van der Waals surface area contributed by atoms with Gasteiger partial charge >= 0.3 is 18.0 Å². The first-order valence-electron chi connectivity index (χ1n) is 13.2. The Labute approximate surface area is 238 Å². The Morgan fingerprint density at radius 1 is 0.805 bits per heavy atom. The molecule has 0 bridgehead atoms. The molecule has 0 saturated carbocycles. The molecular formula is C31H33N3O7. The number of nitrogens with one attached hydrogen (secondary N) is 3. The van der Waals surface area contributed by atoms with E-state index in [4.69, 9.17) is 14.2 Å². The van der Waals surface area contributed by atoms with Crippen molar-refractivity contribution in [3.63, 3.8) is 0 Å². The van der Waals surface area contributed by atoms with E-state index in [0.29, 0.717) is 0 Å². The van der Waals surface area contributed by atoms with E-state index in [2.05, 4.69) is 16.2 Å². The van der Waals surface area contributed by atoms with Gasteiger partial charge in [0.25, 0.3) is 5.91 Å². The molecule has 0 aliphatic heterocycles. The average Bonchev–Trinajstić information content (AvgIpc) is 3.27. The lowest BCUT2D eigenvalue weighted by Crippen LogP contribution is -2.55. The van der Waals surface area contributed by atoms with Crippen LogP contribution in [0.25, 0.3) is 11.1 Å². The number of fused-ring (bicyclic) bond motifs is 3. The van der Waals surface area contributed by atoms with Crippen molar-refractivity contribution in [2.24, 2.45) is 0 Å². The van der Waals surface area contributed by atoms with E-state index >= 15 is 0 Å². The lowest BCUT2D eigenvalue weighted by atomic mass is 9.98. The molecule has 1 aliphatic carbocycles. The first kappa shape index (κ1) is 29.3. The summed E-state index contributed by atoms with van der Waals surface area (Å²) in [6.45, 7) is 4.78. The molecule has 0 heterocycles. The number of hydrogen-bond acceptors (Lipinski definition) is 7. The molecule has 1 atom stereocenters. The lowest BCUT2D eigenvalue weighted by molar-refractivity contribution is -0.164. The number of benzene rings is 3. The SMILES string of the molecule is CC(C)(C)OC(=O)C(=O)NC(COCc1ccccc1)C(=O)NNC(=O)OCC1c2ccccc2-c2ccccc21. The Hall–Kier alpha value is -4.70. The molecular weight excluding hydrogens is 526 g/mol. The summed E-state index contributed by atoms with van der Waals surface area (Å²) in [5.74, 6) is -3.24. The van der Waals surface area contributed by atoms with Crippen molar-refractivity contribution < 1.29 is 33.4 Å². The number of carbonyl (C=O) groups excluding carboxylic acids is 4. The molecule has 0 saturated heterocycles. The molecule has 0 radical (unpaired) electrons. The highest BCUT2D eigenvalue weighted by Gasteiger charge is 2.30. The summed E-state index contributed by atoms with van der Waals surface area (Å²) in [4.78, 5) is 50.0. The highest BCUT2D eigenvalue weighted by molar-refractivity contribution is 6.33. The summed E-state index contributed by atoms with van der Waals surface area (Å²) in [5, 5.41) is 2.31. The van der Waals surface area contributed by atoms with Crippen molar-refractivity contribution in [1.29, 1.82) is 0 Å². The monoisotopic (exact) mass is 559 g/mol. The van der Waals surface area contributed by atoms with Gasteiger partial charge < -0.3 is 19.5 Å². The van der Waals surface area contributed by atoms with E-state index in [0.717, 1.165) is 27.8 Å². The maximum atomic E-state index is 12.9. The van der Waals surface area contributed by atoms with Gasteiger partial charge in [-0.05, 0) is 48.6 Å². The molecule has 0 fully saturated rings. The summed E-state index contributed by atoms with van der Waals surface area (Å²) in [6, 6.07) is 23.7. The minimum absolute atomic E-state index is 0.0503. The molecule has 3 N–H and O–H groups in total. The molecule has 214 valence electrons. The highest BCUT2D eigenvalue weighted by Crippen LogP contribution is 2.44. The number of hydrogen-bond donors (Lipinski definition) is 3. The Morgan fingerprint density at radius 2 is 1.39 bits per heavy atom. The van der Waals surface area contributed by atoms with Gasteiger partial charge in [0.05, 0.1) is 13.2 Å². The maximum absolute atomic E-state index is 12.9. The normalized spacial score (nSPS) is 12.9. The number of carbonyl (C=O) groups is 4. The molecule has 3 amide bonds. The number of amides is 3. The quantitative estimate of drug-likeness (QED) is 0.218. The van der Waals surface area contributed by atoms with E-state index in [1.807, 2.05) is 78.9 Å². The molecule has 1 aliphatic rings. The van der Waals surface area contributed by atoms with Gasteiger partial charge in [0.15, 0.2) is 0 Å². The smallest absolute Gasteiger partial charge is 0.426 e. The van der Waals surface area contributed by atoms with Crippen LogP contribution in [-0.2, 0) is 35.2 Å². The van der Waals surface area contributed by atoms with Gasteiger partial charge in [-0.15, -0.1) is 0 Å². The molecule has 10 nitrogen and oxygen atoms in total. The van der Waals surface area contributed by atoms with Crippen LogP contribution in [0.15, 0.2) is 78.9 Å². The predicted octanol–water partition coefficient (Wildman–Crippen LogP) is 3.60. The molecule has 3 aromatic carbocycles. The summed E-state index contributed by atoms with van der Waals surface area (Å²) in [7, 11) is 0. The summed E-state index contributed by atoms with van der Waals surface area (Å²) >= 11 is 0. The van der Waals surface area contributed by atoms with Gasteiger partial charge in [-0.3, -0.25) is 15.0 Å². The van der Waals surface area contributed by atoms with Crippen molar-refractivity contribution in [3.05, 3.63) is 95.6 Å². The second-order valence-corrected chi connectivity index (χ2v) is 10.5. The molecule has 3 aromatic rings. The van der Waals surface area contributed by atoms with Crippen LogP contribution in [0.2, 0.25) is 0 Å². The van der Waals surface area contributed by atoms with E-state index in [9.17, 15) is 19.2 Å². The summed E-state index contributed by atoms with van der Waals surface area (Å²) < 4.78 is 16.1. The third-order valence-electron chi connectivity index (χ3n) is 6.23. The second-order valence-electron chi connectivity index (χ2n) is 10.5. The minimum Gasteiger partial charge on any atom is -0.453 e. The lowest BCUT2D eigenvalue weighted by Gasteiger charge is -2.21. The van der Waals surface area contributed by atoms with Crippen LogP contribution in [-0.4, -0.2) is 48.7 Å². The van der Waals surface area contributed by atoms with E-state index in [1.165, 1.54) is 0 Å². The standard InChI is InChI=1S/C31H33N3O7/c1-31(2,3)41-29(37)28(36)32-26(19-39-17-20-11-5-4-6-12-20)27(35)33-34-30(38)40-18-25-23-15-9-7-13-21(23)22-14-8-10-16-24(22)25/h4-16,25-26H,17-19H2,1-3H3,(H,32,36)(H,33,35)(H,34,38). The van der Waals surface area contributed by atoms with Crippen molar-refractivity contribution in [1.82, 2.24) is 16.2 Å². The second kappa shape index (κ2) is 13.1. The zero-order valence-electron chi connectivity index (χ0n) is 23.1. The molecule has 4 rings (SSSR count).